The zero-order valence-electron chi connectivity index (χ0n) is 9.56. The maximum Gasteiger partial charge on any atom is 0.0935 e. The molecule has 0 aliphatic heterocycles. The number of aromatic nitrogens is 1. The van der Waals surface area contributed by atoms with Crippen LogP contribution in [0.4, 0.5) is 0 Å². The number of aliphatic hydroxyl groups is 1. The van der Waals surface area contributed by atoms with Crippen molar-refractivity contribution in [2.75, 3.05) is 6.61 Å². The smallest absolute Gasteiger partial charge is 0.0935 e. The summed E-state index contributed by atoms with van der Waals surface area (Å²) in [7, 11) is 0. The van der Waals surface area contributed by atoms with Crippen molar-refractivity contribution < 1.29 is 5.11 Å². The molecule has 0 saturated carbocycles. The molecule has 1 heterocycles. The molecule has 0 fully saturated rings. The highest BCUT2D eigenvalue weighted by atomic mass is 35.5. The summed E-state index contributed by atoms with van der Waals surface area (Å²) in [5.74, 6) is 0.0225. The van der Waals surface area contributed by atoms with E-state index in [1.807, 2.05) is 36.6 Å². The number of hydrogen-bond acceptors (Lipinski definition) is 3. The van der Waals surface area contributed by atoms with Crippen molar-refractivity contribution in [3.05, 3.63) is 50.9 Å². The van der Waals surface area contributed by atoms with E-state index >= 15 is 0 Å². The first-order valence-electron chi connectivity index (χ1n) is 5.47. The molecule has 90 valence electrons. The highest BCUT2D eigenvalue weighted by molar-refractivity contribution is 7.09. The summed E-state index contributed by atoms with van der Waals surface area (Å²) in [5.41, 5.74) is 2.02. The highest BCUT2D eigenvalue weighted by Gasteiger charge is 2.15. The van der Waals surface area contributed by atoms with Gasteiger partial charge < -0.3 is 5.11 Å². The van der Waals surface area contributed by atoms with Gasteiger partial charge in [0.05, 0.1) is 11.6 Å². The Morgan fingerprint density at radius 3 is 2.76 bits per heavy atom. The van der Waals surface area contributed by atoms with E-state index in [9.17, 15) is 5.11 Å². The zero-order chi connectivity index (χ0) is 12.3. The van der Waals surface area contributed by atoms with E-state index in [0.29, 0.717) is 5.02 Å². The molecule has 0 aliphatic rings. The summed E-state index contributed by atoms with van der Waals surface area (Å²) >= 11 is 7.77. The number of aliphatic hydroxyl groups excluding tert-OH is 1. The third-order valence-corrected chi connectivity index (χ3v) is 3.99. The minimum Gasteiger partial charge on any atom is -0.396 e. The maximum atomic E-state index is 9.49. The third-order valence-electron chi connectivity index (χ3n) is 2.65. The van der Waals surface area contributed by atoms with E-state index < -0.39 is 0 Å². The Bertz CT molecular complexity index is 498. The van der Waals surface area contributed by atoms with Crippen molar-refractivity contribution in [2.45, 2.75) is 19.3 Å². The van der Waals surface area contributed by atoms with E-state index in [1.165, 1.54) is 0 Å². The molecule has 0 spiro atoms. The van der Waals surface area contributed by atoms with Crippen LogP contribution < -0.4 is 0 Å². The van der Waals surface area contributed by atoms with Crippen molar-refractivity contribution >= 4 is 22.9 Å². The first-order valence-corrected chi connectivity index (χ1v) is 6.72. The van der Waals surface area contributed by atoms with Crippen LogP contribution >= 0.6 is 22.9 Å². The van der Waals surface area contributed by atoms with Crippen molar-refractivity contribution in [1.29, 1.82) is 0 Å². The van der Waals surface area contributed by atoms with Gasteiger partial charge in [-0.2, -0.15) is 0 Å². The fraction of sp³-hybridized carbons (Fsp3) is 0.308. The molecule has 0 radical (unpaired) electrons. The topological polar surface area (TPSA) is 33.1 Å². The molecule has 0 amide bonds. The number of halogens is 1. The van der Waals surface area contributed by atoms with Crippen LogP contribution in [0.15, 0.2) is 29.6 Å². The summed E-state index contributed by atoms with van der Waals surface area (Å²) in [6.45, 7) is 2.06. The second-order valence-corrected chi connectivity index (χ2v) is 5.34. The Hall–Kier alpha value is -0.900. The van der Waals surface area contributed by atoms with Crippen LogP contribution in [0, 0.1) is 6.92 Å². The fourth-order valence-corrected chi connectivity index (χ4v) is 2.93. The second kappa shape index (κ2) is 5.63. The molecule has 1 atom stereocenters. The molecule has 1 aromatic carbocycles. The van der Waals surface area contributed by atoms with E-state index in [4.69, 9.17) is 11.6 Å². The molecule has 0 saturated heterocycles. The van der Waals surface area contributed by atoms with Crippen LogP contribution in [-0.2, 0) is 6.42 Å². The first-order chi connectivity index (χ1) is 8.20. The van der Waals surface area contributed by atoms with Gasteiger partial charge in [-0.3, -0.25) is 0 Å². The molecular formula is C13H14ClNOS. The average Bonchev–Trinajstić information content (AvgIpc) is 2.73. The number of thiazole rings is 1. The summed E-state index contributed by atoms with van der Waals surface area (Å²) in [4.78, 5) is 4.42. The van der Waals surface area contributed by atoms with Gasteiger partial charge in [-0.25, -0.2) is 4.98 Å². The molecule has 1 aromatic heterocycles. The van der Waals surface area contributed by atoms with Gasteiger partial charge >= 0.3 is 0 Å². The quantitative estimate of drug-likeness (QED) is 0.921. The fourth-order valence-electron chi connectivity index (χ4n) is 1.79. The number of benzene rings is 1. The van der Waals surface area contributed by atoms with Crippen LogP contribution in [0.3, 0.4) is 0 Å². The first kappa shape index (κ1) is 12.6. The molecule has 2 nitrogen and oxygen atoms in total. The average molecular weight is 268 g/mol. The lowest BCUT2D eigenvalue weighted by atomic mass is 9.97. The van der Waals surface area contributed by atoms with Crippen LogP contribution in [0.1, 0.15) is 22.2 Å². The number of hydrogen-bond donors (Lipinski definition) is 1. The van der Waals surface area contributed by atoms with Gasteiger partial charge in [-0.15, -0.1) is 11.3 Å². The van der Waals surface area contributed by atoms with Crippen molar-refractivity contribution in [2.24, 2.45) is 0 Å². The number of nitrogens with zero attached hydrogens (tertiary/aromatic N) is 1. The molecule has 17 heavy (non-hydrogen) atoms. The lowest BCUT2D eigenvalue weighted by Crippen LogP contribution is -2.08. The molecule has 2 rings (SSSR count). The molecule has 1 N–H and O–H groups in total. The van der Waals surface area contributed by atoms with Gasteiger partial charge in [0.15, 0.2) is 0 Å². The molecule has 4 heteroatoms. The van der Waals surface area contributed by atoms with Gasteiger partial charge in [0, 0.05) is 28.4 Å². The Morgan fingerprint density at radius 1 is 1.41 bits per heavy atom. The summed E-state index contributed by atoms with van der Waals surface area (Å²) < 4.78 is 0. The monoisotopic (exact) mass is 267 g/mol. The summed E-state index contributed by atoms with van der Waals surface area (Å²) in [6, 6.07) is 7.65. The van der Waals surface area contributed by atoms with Crippen molar-refractivity contribution in [1.82, 2.24) is 4.98 Å². The summed E-state index contributed by atoms with van der Waals surface area (Å²) in [6.07, 6.45) is 0.735. The van der Waals surface area contributed by atoms with E-state index in [-0.39, 0.29) is 12.5 Å². The van der Waals surface area contributed by atoms with Crippen molar-refractivity contribution in [3.8, 4) is 0 Å². The lowest BCUT2D eigenvalue weighted by molar-refractivity contribution is 0.264. The lowest BCUT2D eigenvalue weighted by Gasteiger charge is -2.14. The Morgan fingerprint density at radius 2 is 2.18 bits per heavy atom. The molecule has 0 aliphatic carbocycles. The van der Waals surface area contributed by atoms with Gasteiger partial charge in [0.2, 0.25) is 0 Å². The van der Waals surface area contributed by atoms with Crippen LogP contribution in [0.2, 0.25) is 5.02 Å². The highest BCUT2D eigenvalue weighted by Crippen LogP contribution is 2.28. The van der Waals surface area contributed by atoms with Crippen LogP contribution in [-0.4, -0.2) is 16.7 Å². The second-order valence-electron chi connectivity index (χ2n) is 3.99. The summed E-state index contributed by atoms with van der Waals surface area (Å²) in [5, 5.41) is 13.3. The largest absolute Gasteiger partial charge is 0.396 e. The predicted octanol–water partition coefficient (Wildman–Crippen LogP) is 3.42. The van der Waals surface area contributed by atoms with E-state index in [1.54, 1.807) is 11.3 Å². The molecule has 2 aromatic rings. The zero-order valence-corrected chi connectivity index (χ0v) is 11.1. The SMILES string of the molecule is Cc1csc(CC(CO)c2ccccc2Cl)n1. The Labute approximate surface area is 110 Å². The van der Waals surface area contributed by atoms with Gasteiger partial charge in [0.25, 0.3) is 0 Å². The van der Waals surface area contributed by atoms with E-state index in [0.717, 1.165) is 22.7 Å². The minimum absolute atomic E-state index is 0.0225. The van der Waals surface area contributed by atoms with Gasteiger partial charge in [-0.05, 0) is 18.6 Å². The molecule has 0 bridgehead atoms. The standard InChI is InChI=1S/C13H14ClNOS/c1-9-8-17-13(15-9)6-10(7-16)11-4-2-3-5-12(11)14/h2-5,8,10,16H,6-7H2,1H3. The Balaban J connectivity index is 2.20. The Kier molecular flexibility index (Phi) is 4.15. The number of rotatable bonds is 4. The van der Waals surface area contributed by atoms with Gasteiger partial charge in [0.1, 0.15) is 0 Å². The van der Waals surface area contributed by atoms with Gasteiger partial charge in [-0.1, -0.05) is 29.8 Å². The van der Waals surface area contributed by atoms with Crippen molar-refractivity contribution in [3.63, 3.8) is 0 Å². The normalized spacial score (nSPS) is 12.6. The van der Waals surface area contributed by atoms with Crippen LogP contribution in [0.5, 0.6) is 0 Å². The van der Waals surface area contributed by atoms with E-state index in [2.05, 4.69) is 4.98 Å². The molecule has 1 unspecified atom stereocenters. The van der Waals surface area contributed by atoms with Crippen LogP contribution in [0.25, 0.3) is 0 Å². The molecular weight excluding hydrogens is 254 g/mol. The maximum absolute atomic E-state index is 9.49. The number of aryl methyl sites for hydroxylation is 1. The predicted molar refractivity (Wildman–Crippen MR) is 71.8 cm³/mol. The minimum atomic E-state index is 0.0225. The third kappa shape index (κ3) is 3.06.